The number of carbonyl (C=O) groups excluding carboxylic acids is 1. The Hall–Kier alpha value is -1.26. The topological polar surface area (TPSA) is 58.4 Å². The lowest BCUT2D eigenvalue weighted by Gasteiger charge is -2.25. The van der Waals surface area contributed by atoms with Crippen LogP contribution in [0.15, 0.2) is 18.2 Å². The second kappa shape index (κ2) is 6.78. The lowest BCUT2D eigenvalue weighted by atomic mass is 10.1. The maximum Gasteiger partial charge on any atom is 0.241 e. The van der Waals surface area contributed by atoms with Crippen molar-refractivity contribution >= 4 is 28.9 Å². The van der Waals surface area contributed by atoms with Gasteiger partial charge in [-0.2, -0.15) is 0 Å². The zero-order chi connectivity index (χ0) is 14.6. The van der Waals surface area contributed by atoms with E-state index in [1.54, 1.807) is 18.2 Å². The number of hydrogen-bond acceptors (Lipinski definition) is 3. The highest BCUT2D eigenvalue weighted by Crippen LogP contribution is 2.22. The second-order valence-corrected chi connectivity index (χ2v) is 5.67. The molecule has 0 bridgehead atoms. The minimum atomic E-state index is -0.211. The van der Waals surface area contributed by atoms with Crippen molar-refractivity contribution in [2.45, 2.75) is 26.8 Å². The van der Waals surface area contributed by atoms with E-state index in [0.717, 1.165) is 6.54 Å². The molecular weight excluding hydrogens is 262 g/mol. The number of likely N-dealkylation sites (N-methyl/N-ethyl adjacent to an activating group) is 1. The number of nitrogens with two attached hydrogens (primary N) is 1. The van der Waals surface area contributed by atoms with E-state index in [1.165, 1.54) is 0 Å². The fourth-order valence-corrected chi connectivity index (χ4v) is 2.00. The fourth-order valence-electron chi connectivity index (χ4n) is 1.82. The van der Waals surface area contributed by atoms with Crippen molar-refractivity contribution in [2.24, 2.45) is 5.92 Å². The summed E-state index contributed by atoms with van der Waals surface area (Å²) in [5.74, 6) is 0.443. The van der Waals surface area contributed by atoms with Gasteiger partial charge in [-0.05, 0) is 38.1 Å². The number of anilines is 2. The Balaban J connectivity index is 2.68. The molecule has 19 heavy (non-hydrogen) atoms. The van der Waals surface area contributed by atoms with Crippen LogP contribution in [0, 0.1) is 5.92 Å². The quantitative estimate of drug-likeness (QED) is 0.817. The highest BCUT2D eigenvalue weighted by molar-refractivity contribution is 6.31. The first-order valence-corrected chi connectivity index (χ1v) is 6.75. The minimum absolute atomic E-state index is 0.0721. The van der Waals surface area contributed by atoms with Crippen molar-refractivity contribution in [3.8, 4) is 0 Å². The van der Waals surface area contributed by atoms with Gasteiger partial charge in [-0.1, -0.05) is 25.4 Å². The van der Waals surface area contributed by atoms with Crippen molar-refractivity contribution in [1.29, 1.82) is 0 Å². The van der Waals surface area contributed by atoms with E-state index in [4.69, 9.17) is 17.3 Å². The van der Waals surface area contributed by atoms with Crippen molar-refractivity contribution < 1.29 is 4.79 Å². The molecule has 1 atom stereocenters. The molecule has 1 rings (SSSR count). The Morgan fingerprint density at radius 1 is 1.42 bits per heavy atom. The molecule has 1 unspecified atom stereocenters. The molecule has 4 nitrogen and oxygen atoms in total. The molecule has 1 aromatic rings. The normalized spacial score (nSPS) is 12.8. The van der Waals surface area contributed by atoms with Gasteiger partial charge >= 0.3 is 0 Å². The van der Waals surface area contributed by atoms with Gasteiger partial charge in [-0.25, -0.2) is 0 Å². The summed E-state index contributed by atoms with van der Waals surface area (Å²) < 4.78 is 0. The van der Waals surface area contributed by atoms with Crippen LogP contribution in [0.3, 0.4) is 0 Å². The van der Waals surface area contributed by atoms with Gasteiger partial charge in [0.1, 0.15) is 0 Å². The van der Waals surface area contributed by atoms with Crippen molar-refractivity contribution in [2.75, 3.05) is 24.6 Å². The number of hydrogen-bond donors (Lipinski definition) is 2. The van der Waals surface area contributed by atoms with Gasteiger partial charge in [0.2, 0.25) is 5.91 Å². The summed E-state index contributed by atoms with van der Waals surface area (Å²) in [5, 5.41) is 3.38. The van der Waals surface area contributed by atoms with Crippen molar-refractivity contribution in [3.05, 3.63) is 23.2 Å². The summed E-state index contributed by atoms with van der Waals surface area (Å²) in [4.78, 5) is 14.2. The SMILES string of the molecule is CC(C)CN(C)C(C)C(=O)Nc1ccc(Cl)cc1N. The fraction of sp³-hybridized carbons (Fsp3) is 0.500. The van der Waals surface area contributed by atoms with Gasteiger partial charge in [-0.15, -0.1) is 0 Å². The molecule has 106 valence electrons. The van der Waals surface area contributed by atoms with Crippen LogP contribution in [-0.2, 0) is 4.79 Å². The van der Waals surface area contributed by atoms with Crippen LogP contribution in [0.5, 0.6) is 0 Å². The van der Waals surface area contributed by atoms with Crippen LogP contribution in [0.2, 0.25) is 5.02 Å². The Morgan fingerprint density at radius 2 is 2.05 bits per heavy atom. The maximum absolute atomic E-state index is 12.1. The van der Waals surface area contributed by atoms with Gasteiger partial charge in [0, 0.05) is 11.6 Å². The molecule has 0 fully saturated rings. The summed E-state index contributed by atoms with van der Waals surface area (Å²) in [6.07, 6.45) is 0. The third-order valence-corrected chi connectivity index (χ3v) is 3.20. The van der Waals surface area contributed by atoms with Gasteiger partial charge in [-0.3, -0.25) is 9.69 Å². The van der Waals surface area contributed by atoms with E-state index in [2.05, 4.69) is 19.2 Å². The van der Waals surface area contributed by atoms with Crippen LogP contribution in [0.25, 0.3) is 0 Å². The van der Waals surface area contributed by atoms with E-state index in [1.807, 2.05) is 18.9 Å². The second-order valence-electron chi connectivity index (χ2n) is 5.23. The highest BCUT2D eigenvalue weighted by atomic mass is 35.5. The van der Waals surface area contributed by atoms with E-state index < -0.39 is 0 Å². The molecule has 0 saturated carbocycles. The van der Waals surface area contributed by atoms with E-state index in [9.17, 15) is 4.79 Å². The standard InChI is InChI=1S/C14H22ClN3O/c1-9(2)8-18(4)10(3)14(19)17-13-6-5-11(15)7-12(13)16/h5-7,9-10H,8,16H2,1-4H3,(H,17,19). The Kier molecular flexibility index (Phi) is 5.63. The van der Waals surface area contributed by atoms with Crippen molar-refractivity contribution in [1.82, 2.24) is 4.90 Å². The lowest BCUT2D eigenvalue weighted by molar-refractivity contribution is -0.120. The molecule has 1 amide bonds. The summed E-state index contributed by atoms with van der Waals surface area (Å²) >= 11 is 5.82. The maximum atomic E-state index is 12.1. The number of amides is 1. The van der Waals surface area contributed by atoms with Crippen LogP contribution < -0.4 is 11.1 Å². The zero-order valence-electron chi connectivity index (χ0n) is 11.9. The average molecular weight is 284 g/mol. The summed E-state index contributed by atoms with van der Waals surface area (Å²) in [5.41, 5.74) is 6.88. The molecule has 0 radical (unpaired) electrons. The molecule has 1 aromatic carbocycles. The van der Waals surface area contributed by atoms with E-state index in [0.29, 0.717) is 22.3 Å². The molecule has 0 saturated heterocycles. The smallest absolute Gasteiger partial charge is 0.241 e. The summed E-state index contributed by atoms with van der Waals surface area (Å²) in [6, 6.07) is 4.83. The van der Waals surface area contributed by atoms with Crippen LogP contribution in [0.1, 0.15) is 20.8 Å². The first-order valence-electron chi connectivity index (χ1n) is 6.37. The summed E-state index contributed by atoms with van der Waals surface area (Å²) in [7, 11) is 1.94. The van der Waals surface area contributed by atoms with Gasteiger partial charge in [0.15, 0.2) is 0 Å². The molecule has 0 aliphatic heterocycles. The van der Waals surface area contributed by atoms with Gasteiger partial charge < -0.3 is 11.1 Å². The minimum Gasteiger partial charge on any atom is -0.397 e. The number of nitrogen functional groups attached to an aromatic ring is 1. The average Bonchev–Trinajstić information content (AvgIpc) is 2.30. The predicted molar refractivity (Wildman–Crippen MR) is 81.4 cm³/mol. The molecule has 0 aliphatic rings. The molecular formula is C14H22ClN3O. The number of nitrogens with zero attached hydrogens (tertiary/aromatic N) is 1. The highest BCUT2D eigenvalue weighted by Gasteiger charge is 2.19. The zero-order valence-corrected chi connectivity index (χ0v) is 12.7. The molecule has 0 aliphatic carbocycles. The number of carbonyl (C=O) groups is 1. The van der Waals surface area contributed by atoms with E-state index in [-0.39, 0.29) is 11.9 Å². The largest absolute Gasteiger partial charge is 0.397 e. The molecule has 5 heteroatoms. The number of rotatable bonds is 5. The predicted octanol–water partition coefficient (Wildman–Crippen LogP) is 2.84. The van der Waals surface area contributed by atoms with Crippen LogP contribution in [0.4, 0.5) is 11.4 Å². The monoisotopic (exact) mass is 283 g/mol. The Bertz CT molecular complexity index is 448. The van der Waals surface area contributed by atoms with E-state index >= 15 is 0 Å². The Labute approximate surface area is 119 Å². The first-order chi connectivity index (χ1) is 8.81. The van der Waals surface area contributed by atoms with Gasteiger partial charge in [0.25, 0.3) is 0 Å². The number of halogens is 1. The summed E-state index contributed by atoms with van der Waals surface area (Å²) in [6.45, 7) is 6.99. The van der Waals surface area contributed by atoms with Crippen LogP contribution >= 0.6 is 11.6 Å². The molecule has 0 spiro atoms. The van der Waals surface area contributed by atoms with Crippen molar-refractivity contribution in [3.63, 3.8) is 0 Å². The molecule has 0 aromatic heterocycles. The third-order valence-electron chi connectivity index (χ3n) is 2.97. The lowest BCUT2D eigenvalue weighted by Crippen LogP contribution is -2.41. The number of nitrogens with one attached hydrogen (secondary N) is 1. The first kappa shape index (κ1) is 15.8. The van der Waals surface area contributed by atoms with Crippen LogP contribution in [-0.4, -0.2) is 30.4 Å². The van der Waals surface area contributed by atoms with Gasteiger partial charge in [0.05, 0.1) is 17.4 Å². The third kappa shape index (κ3) is 4.73. The Morgan fingerprint density at radius 3 is 2.58 bits per heavy atom. The number of benzene rings is 1. The molecule has 0 heterocycles. The molecule has 3 N–H and O–H groups in total.